The standard InChI is InChI=1S/C18H18ClNO/c1-3-13-14-8-4-7-11-17(14)21-18(13)12(2)20-16-10-6-5-9-15(16)19/h4-12,20H,3H2,1-2H3. The van der Waals surface area contributed by atoms with Gasteiger partial charge in [0.2, 0.25) is 0 Å². The highest BCUT2D eigenvalue weighted by atomic mass is 35.5. The first kappa shape index (κ1) is 14.0. The molecule has 21 heavy (non-hydrogen) atoms. The van der Waals surface area contributed by atoms with Gasteiger partial charge in [0, 0.05) is 10.9 Å². The molecular weight excluding hydrogens is 282 g/mol. The molecule has 0 fully saturated rings. The summed E-state index contributed by atoms with van der Waals surface area (Å²) in [6, 6.07) is 16.0. The third-order valence-electron chi connectivity index (χ3n) is 3.72. The molecule has 0 aliphatic carbocycles. The summed E-state index contributed by atoms with van der Waals surface area (Å²) in [7, 11) is 0. The molecule has 2 nitrogen and oxygen atoms in total. The van der Waals surface area contributed by atoms with Crippen molar-refractivity contribution >= 4 is 28.3 Å². The van der Waals surface area contributed by atoms with Crippen LogP contribution in [0.5, 0.6) is 0 Å². The molecule has 1 aromatic heterocycles. The fraction of sp³-hybridized carbons (Fsp3) is 0.222. The number of fused-ring (bicyclic) bond motifs is 1. The van der Waals surface area contributed by atoms with Gasteiger partial charge in [0.15, 0.2) is 0 Å². The van der Waals surface area contributed by atoms with E-state index in [9.17, 15) is 0 Å². The summed E-state index contributed by atoms with van der Waals surface area (Å²) in [5.41, 5.74) is 3.13. The maximum Gasteiger partial charge on any atom is 0.134 e. The van der Waals surface area contributed by atoms with Crippen LogP contribution in [0.25, 0.3) is 11.0 Å². The minimum Gasteiger partial charge on any atom is -0.459 e. The second-order valence-electron chi connectivity index (χ2n) is 5.14. The molecule has 0 aliphatic heterocycles. The lowest BCUT2D eigenvalue weighted by atomic mass is 10.0. The molecule has 1 atom stereocenters. The minimum atomic E-state index is 0.0623. The van der Waals surface area contributed by atoms with Crippen molar-refractivity contribution in [1.82, 2.24) is 0 Å². The van der Waals surface area contributed by atoms with Crippen LogP contribution in [0.2, 0.25) is 5.02 Å². The van der Waals surface area contributed by atoms with Crippen molar-refractivity contribution < 1.29 is 4.42 Å². The van der Waals surface area contributed by atoms with Crippen LogP contribution >= 0.6 is 11.6 Å². The molecule has 3 heteroatoms. The monoisotopic (exact) mass is 299 g/mol. The number of hydrogen-bond donors (Lipinski definition) is 1. The summed E-state index contributed by atoms with van der Waals surface area (Å²) >= 11 is 6.22. The molecule has 2 aromatic carbocycles. The van der Waals surface area contributed by atoms with Gasteiger partial charge in [0.05, 0.1) is 16.8 Å². The number of aryl methyl sites for hydroxylation is 1. The fourth-order valence-corrected chi connectivity index (χ4v) is 2.90. The van der Waals surface area contributed by atoms with Gasteiger partial charge in [-0.15, -0.1) is 0 Å². The first-order valence-corrected chi connectivity index (χ1v) is 7.60. The molecule has 1 N–H and O–H groups in total. The first-order valence-electron chi connectivity index (χ1n) is 7.22. The molecule has 0 saturated heterocycles. The number of nitrogens with one attached hydrogen (secondary N) is 1. The van der Waals surface area contributed by atoms with E-state index in [1.807, 2.05) is 42.5 Å². The summed E-state index contributed by atoms with van der Waals surface area (Å²) in [5.74, 6) is 0.985. The highest BCUT2D eigenvalue weighted by molar-refractivity contribution is 6.33. The van der Waals surface area contributed by atoms with Crippen LogP contribution in [0.3, 0.4) is 0 Å². The molecule has 1 unspecified atom stereocenters. The van der Waals surface area contributed by atoms with Gasteiger partial charge in [0.1, 0.15) is 11.3 Å². The van der Waals surface area contributed by atoms with Crippen molar-refractivity contribution in [2.24, 2.45) is 0 Å². The fourth-order valence-electron chi connectivity index (χ4n) is 2.71. The smallest absolute Gasteiger partial charge is 0.134 e. The quantitative estimate of drug-likeness (QED) is 0.656. The maximum absolute atomic E-state index is 6.22. The SMILES string of the molecule is CCc1c(C(C)Nc2ccccc2Cl)oc2ccccc12. The van der Waals surface area contributed by atoms with Gasteiger partial charge in [-0.05, 0) is 31.5 Å². The third-order valence-corrected chi connectivity index (χ3v) is 4.05. The molecule has 3 aromatic rings. The van der Waals surface area contributed by atoms with Crippen LogP contribution < -0.4 is 5.32 Å². The zero-order valence-electron chi connectivity index (χ0n) is 12.2. The number of rotatable bonds is 4. The lowest BCUT2D eigenvalue weighted by Gasteiger charge is -2.15. The van der Waals surface area contributed by atoms with Gasteiger partial charge in [-0.1, -0.05) is 48.9 Å². The Morgan fingerprint density at radius 1 is 1.10 bits per heavy atom. The van der Waals surface area contributed by atoms with Crippen molar-refractivity contribution in [2.75, 3.05) is 5.32 Å². The summed E-state index contributed by atoms with van der Waals surface area (Å²) in [6.45, 7) is 4.25. The summed E-state index contributed by atoms with van der Waals surface area (Å²) < 4.78 is 6.06. The van der Waals surface area contributed by atoms with Crippen molar-refractivity contribution in [1.29, 1.82) is 0 Å². The number of anilines is 1. The van der Waals surface area contributed by atoms with E-state index >= 15 is 0 Å². The maximum atomic E-state index is 6.22. The highest BCUT2D eigenvalue weighted by Gasteiger charge is 2.18. The molecule has 108 valence electrons. The second kappa shape index (κ2) is 5.82. The number of hydrogen-bond acceptors (Lipinski definition) is 2. The molecule has 0 saturated carbocycles. The Kier molecular flexibility index (Phi) is 3.89. The van der Waals surface area contributed by atoms with Gasteiger partial charge in [-0.2, -0.15) is 0 Å². The van der Waals surface area contributed by atoms with Gasteiger partial charge in [-0.3, -0.25) is 0 Å². The number of benzene rings is 2. The lowest BCUT2D eigenvalue weighted by Crippen LogP contribution is -2.07. The van der Waals surface area contributed by atoms with Crippen LogP contribution in [-0.2, 0) is 6.42 Å². The van der Waals surface area contributed by atoms with Crippen molar-refractivity contribution in [3.05, 3.63) is 64.9 Å². The Bertz CT molecular complexity index is 763. The van der Waals surface area contributed by atoms with Crippen molar-refractivity contribution in [3.8, 4) is 0 Å². The van der Waals surface area contributed by atoms with Crippen LogP contribution in [0.4, 0.5) is 5.69 Å². The van der Waals surface area contributed by atoms with Crippen molar-refractivity contribution in [2.45, 2.75) is 26.3 Å². The topological polar surface area (TPSA) is 25.2 Å². The van der Waals surface area contributed by atoms with Crippen molar-refractivity contribution in [3.63, 3.8) is 0 Å². The van der Waals surface area contributed by atoms with Crippen LogP contribution in [0, 0.1) is 0 Å². The van der Waals surface area contributed by atoms with E-state index in [4.69, 9.17) is 16.0 Å². The second-order valence-corrected chi connectivity index (χ2v) is 5.55. The van der Waals surface area contributed by atoms with E-state index in [0.717, 1.165) is 28.5 Å². The zero-order valence-corrected chi connectivity index (χ0v) is 12.9. The Morgan fingerprint density at radius 2 is 1.81 bits per heavy atom. The summed E-state index contributed by atoms with van der Waals surface area (Å²) in [5, 5.41) is 5.35. The first-order chi connectivity index (χ1) is 10.2. The van der Waals surface area contributed by atoms with E-state index in [1.54, 1.807) is 0 Å². The van der Waals surface area contributed by atoms with E-state index < -0.39 is 0 Å². The molecular formula is C18H18ClNO. The number of furan rings is 1. The molecule has 1 heterocycles. The highest BCUT2D eigenvalue weighted by Crippen LogP contribution is 2.33. The molecule has 0 bridgehead atoms. The van der Waals surface area contributed by atoms with E-state index in [2.05, 4.69) is 25.2 Å². The largest absolute Gasteiger partial charge is 0.459 e. The Hall–Kier alpha value is -1.93. The third kappa shape index (κ3) is 2.64. The van der Waals surface area contributed by atoms with Gasteiger partial charge < -0.3 is 9.73 Å². The normalized spacial score (nSPS) is 12.5. The van der Waals surface area contributed by atoms with E-state index in [1.165, 1.54) is 10.9 Å². The van der Waals surface area contributed by atoms with Crippen LogP contribution in [0.1, 0.15) is 31.2 Å². The Balaban J connectivity index is 1.98. The van der Waals surface area contributed by atoms with Crippen LogP contribution in [-0.4, -0.2) is 0 Å². The Labute approximate surface area is 129 Å². The minimum absolute atomic E-state index is 0.0623. The van der Waals surface area contributed by atoms with Gasteiger partial charge in [0.25, 0.3) is 0 Å². The summed E-state index contributed by atoms with van der Waals surface area (Å²) in [6.07, 6.45) is 0.945. The summed E-state index contributed by atoms with van der Waals surface area (Å²) in [4.78, 5) is 0. The lowest BCUT2D eigenvalue weighted by molar-refractivity contribution is 0.520. The molecule has 0 spiro atoms. The molecule has 0 amide bonds. The Morgan fingerprint density at radius 3 is 2.57 bits per heavy atom. The molecule has 3 rings (SSSR count). The van der Waals surface area contributed by atoms with Crippen LogP contribution in [0.15, 0.2) is 52.9 Å². The molecule has 0 aliphatic rings. The van der Waals surface area contributed by atoms with E-state index in [-0.39, 0.29) is 6.04 Å². The number of halogens is 1. The van der Waals surface area contributed by atoms with Gasteiger partial charge >= 0.3 is 0 Å². The average Bonchev–Trinajstić information content (AvgIpc) is 2.88. The zero-order chi connectivity index (χ0) is 14.8. The average molecular weight is 300 g/mol. The van der Waals surface area contributed by atoms with E-state index in [0.29, 0.717) is 0 Å². The predicted molar refractivity (Wildman–Crippen MR) is 89.1 cm³/mol. The predicted octanol–water partition coefficient (Wildman–Crippen LogP) is 5.82. The number of para-hydroxylation sites is 2. The molecule has 0 radical (unpaired) electrons. The van der Waals surface area contributed by atoms with Gasteiger partial charge in [-0.25, -0.2) is 0 Å².